The molecule has 1 aromatic carbocycles. The fourth-order valence-corrected chi connectivity index (χ4v) is 3.25. The van der Waals surface area contributed by atoms with E-state index in [9.17, 15) is 9.18 Å². The van der Waals surface area contributed by atoms with E-state index in [0.29, 0.717) is 25.4 Å². The molecule has 1 aliphatic heterocycles. The zero-order valence-electron chi connectivity index (χ0n) is 13.3. The summed E-state index contributed by atoms with van der Waals surface area (Å²) < 4.78 is 24.2. The van der Waals surface area contributed by atoms with Gasteiger partial charge in [-0.3, -0.25) is 4.79 Å². The second-order valence-electron chi connectivity index (χ2n) is 6.41. The number of ether oxygens (including phenoxy) is 1. The van der Waals surface area contributed by atoms with Gasteiger partial charge in [0.05, 0.1) is 12.7 Å². The second-order valence-corrected chi connectivity index (χ2v) is 6.41. The van der Waals surface area contributed by atoms with Gasteiger partial charge in [-0.05, 0) is 37.0 Å². The first kappa shape index (κ1) is 15.3. The molecule has 2 aromatic rings. The molecule has 0 bridgehead atoms. The SMILES string of the molecule is O=C(c1noc2c1CCCC2)N1CC(OCc2cccc(F)c2)C1. The number of amides is 1. The lowest BCUT2D eigenvalue weighted by molar-refractivity contribution is -0.0506. The minimum Gasteiger partial charge on any atom is -0.370 e. The third-order valence-corrected chi connectivity index (χ3v) is 4.66. The maximum atomic E-state index is 13.1. The summed E-state index contributed by atoms with van der Waals surface area (Å²) >= 11 is 0. The molecule has 2 heterocycles. The van der Waals surface area contributed by atoms with Crippen molar-refractivity contribution in [3.05, 3.63) is 52.7 Å². The van der Waals surface area contributed by atoms with Gasteiger partial charge in [-0.25, -0.2) is 4.39 Å². The molecule has 0 saturated carbocycles. The minimum atomic E-state index is -0.266. The molecule has 0 radical (unpaired) electrons. The van der Waals surface area contributed by atoms with E-state index in [-0.39, 0.29) is 17.8 Å². The van der Waals surface area contributed by atoms with E-state index in [1.165, 1.54) is 12.1 Å². The van der Waals surface area contributed by atoms with Gasteiger partial charge in [0.2, 0.25) is 0 Å². The maximum Gasteiger partial charge on any atom is 0.276 e. The predicted octanol–water partition coefficient (Wildman–Crippen LogP) is 2.73. The van der Waals surface area contributed by atoms with Crippen molar-refractivity contribution in [2.75, 3.05) is 13.1 Å². The third-order valence-electron chi connectivity index (χ3n) is 4.66. The van der Waals surface area contributed by atoms with Crippen molar-refractivity contribution < 1.29 is 18.4 Å². The number of aryl methyl sites for hydroxylation is 1. The Balaban J connectivity index is 1.31. The number of halogens is 1. The summed E-state index contributed by atoms with van der Waals surface area (Å²) in [6, 6.07) is 6.36. The number of nitrogens with zero attached hydrogens (tertiary/aromatic N) is 2. The zero-order valence-corrected chi connectivity index (χ0v) is 13.3. The Labute approximate surface area is 139 Å². The molecule has 1 aliphatic carbocycles. The molecule has 0 spiro atoms. The topological polar surface area (TPSA) is 55.6 Å². The van der Waals surface area contributed by atoms with Crippen molar-refractivity contribution >= 4 is 5.91 Å². The summed E-state index contributed by atoms with van der Waals surface area (Å²) in [6.07, 6.45) is 3.89. The standard InChI is InChI=1S/C18H19FN2O3/c19-13-5-3-4-12(8-13)11-23-14-9-21(10-14)18(22)17-15-6-1-2-7-16(15)24-20-17/h3-5,8,14H,1-2,6-7,9-11H2. The largest absolute Gasteiger partial charge is 0.370 e. The van der Waals surface area contributed by atoms with Crippen LogP contribution in [0.2, 0.25) is 0 Å². The van der Waals surface area contributed by atoms with Gasteiger partial charge in [0, 0.05) is 25.1 Å². The van der Waals surface area contributed by atoms with Crippen LogP contribution in [0.25, 0.3) is 0 Å². The van der Waals surface area contributed by atoms with Gasteiger partial charge in [0.25, 0.3) is 5.91 Å². The van der Waals surface area contributed by atoms with Crippen LogP contribution in [0.1, 0.15) is 40.2 Å². The number of rotatable bonds is 4. The van der Waals surface area contributed by atoms with Crippen LogP contribution in [0.5, 0.6) is 0 Å². The van der Waals surface area contributed by atoms with Gasteiger partial charge in [-0.15, -0.1) is 0 Å². The van der Waals surface area contributed by atoms with Gasteiger partial charge in [-0.1, -0.05) is 17.3 Å². The lowest BCUT2D eigenvalue weighted by atomic mass is 9.96. The number of fused-ring (bicyclic) bond motifs is 1. The Hall–Kier alpha value is -2.21. The minimum absolute atomic E-state index is 0.0139. The molecule has 4 rings (SSSR count). The second kappa shape index (κ2) is 6.36. The molecule has 5 nitrogen and oxygen atoms in total. The highest BCUT2D eigenvalue weighted by Crippen LogP contribution is 2.26. The fraction of sp³-hybridized carbons (Fsp3) is 0.444. The molecule has 0 N–H and O–H groups in total. The van der Waals surface area contributed by atoms with Crippen molar-refractivity contribution in [1.29, 1.82) is 0 Å². The van der Waals surface area contributed by atoms with E-state index in [1.54, 1.807) is 11.0 Å². The first-order valence-corrected chi connectivity index (χ1v) is 8.33. The van der Waals surface area contributed by atoms with Crippen LogP contribution in [-0.2, 0) is 24.2 Å². The number of benzene rings is 1. The quantitative estimate of drug-likeness (QED) is 0.865. The molecule has 0 atom stereocenters. The molecular formula is C18H19FN2O3. The monoisotopic (exact) mass is 330 g/mol. The number of likely N-dealkylation sites (tertiary alicyclic amines) is 1. The number of hydrogen-bond acceptors (Lipinski definition) is 4. The summed E-state index contributed by atoms with van der Waals surface area (Å²) in [5.74, 6) is 0.522. The number of carbonyl (C=O) groups is 1. The summed E-state index contributed by atoms with van der Waals surface area (Å²) in [7, 11) is 0. The molecule has 126 valence electrons. The molecule has 6 heteroatoms. The predicted molar refractivity (Wildman–Crippen MR) is 84.0 cm³/mol. The lowest BCUT2D eigenvalue weighted by Crippen LogP contribution is -2.54. The Bertz CT molecular complexity index is 752. The van der Waals surface area contributed by atoms with E-state index in [1.807, 2.05) is 6.07 Å². The maximum absolute atomic E-state index is 13.1. The average molecular weight is 330 g/mol. The number of carbonyl (C=O) groups excluding carboxylic acids is 1. The smallest absolute Gasteiger partial charge is 0.276 e. The van der Waals surface area contributed by atoms with Gasteiger partial charge < -0.3 is 14.2 Å². The van der Waals surface area contributed by atoms with Crippen LogP contribution >= 0.6 is 0 Å². The summed E-state index contributed by atoms with van der Waals surface area (Å²) in [6.45, 7) is 1.43. The van der Waals surface area contributed by atoms with Crippen LogP contribution in [0.4, 0.5) is 4.39 Å². The highest BCUT2D eigenvalue weighted by atomic mass is 19.1. The number of hydrogen-bond donors (Lipinski definition) is 0. The summed E-state index contributed by atoms with van der Waals surface area (Å²) in [4.78, 5) is 14.2. The Morgan fingerprint density at radius 3 is 3.00 bits per heavy atom. The number of aromatic nitrogens is 1. The van der Waals surface area contributed by atoms with Crippen LogP contribution < -0.4 is 0 Å². The van der Waals surface area contributed by atoms with E-state index in [2.05, 4.69) is 5.16 Å². The normalized spacial score (nSPS) is 17.5. The molecule has 1 aromatic heterocycles. The first-order chi connectivity index (χ1) is 11.7. The van der Waals surface area contributed by atoms with E-state index in [0.717, 1.165) is 42.6 Å². The molecule has 2 aliphatic rings. The Kier molecular flexibility index (Phi) is 4.06. The van der Waals surface area contributed by atoms with Gasteiger partial charge >= 0.3 is 0 Å². The Morgan fingerprint density at radius 1 is 1.33 bits per heavy atom. The van der Waals surface area contributed by atoms with Gasteiger partial charge in [0.15, 0.2) is 5.69 Å². The molecular weight excluding hydrogens is 311 g/mol. The molecule has 0 unspecified atom stereocenters. The molecule has 1 fully saturated rings. The van der Waals surface area contributed by atoms with E-state index >= 15 is 0 Å². The van der Waals surface area contributed by atoms with E-state index in [4.69, 9.17) is 9.26 Å². The van der Waals surface area contributed by atoms with Crippen LogP contribution in [0.15, 0.2) is 28.8 Å². The van der Waals surface area contributed by atoms with Crippen molar-refractivity contribution in [3.8, 4) is 0 Å². The van der Waals surface area contributed by atoms with Gasteiger partial charge in [0.1, 0.15) is 11.6 Å². The van der Waals surface area contributed by atoms with Crippen molar-refractivity contribution in [2.24, 2.45) is 0 Å². The van der Waals surface area contributed by atoms with Crippen LogP contribution in [0.3, 0.4) is 0 Å². The molecule has 1 saturated heterocycles. The van der Waals surface area contributed by atoms with Crippen LogP contribution in [-0.4, -0.2) is 35.2 Å². The Morgan fingerprint density at radius 2 is 2.17 bits per heavy atom. The fourth-order valence-electron chi connectivity index (χ4n) is 3.25. The first-order valence-electron chi connectivity index (χ1n) is 8.33. The lowest BCUT2D eigenvalue weighted by Gasteiger charge is -2.38. The molecule has 1 amide bonds. The average Bonchev–Trinajstić information content (AvgIpc) is 2.97. The van der Waals surface area contributed by atoms with Crippen molar-refractivity contribution in [3.63, 3.8) is 0 Å². The van der Waals surface area contributed by atoms with Crippen molar-refractivity contribution in [2.45, 2.75) is 38.4 Å². The zero-order chi connectivity index (χ0) is 16.5. The highest BCUT2D eigenvalue weighted by Gasteiger charge is 2.35. The highest BCUT2D eigenvalue weighted by molar-refractivity contribution is 5.94. The summed E-state index contributed by atoms with van der Waals surface area (Å²) in [5, 5.41) is 3.98. The molecule has 24 heavy (non-hydrogen) atoms. The summed E-state index contributed by atoms with van der Waals surface area (Å²) in [5.41, 5.74) is 2.24. The van der Waals surface area contributed by atoms with Crippen LogP contribution in [0, 0.1) is 5.82 Å². The van der Waals surface area contributed by atoms with E-state index < -0.39 is 0 Å². The van der Waals surface area contributed by atoms with Gasteiger partial charge in [-0.2, -0.15) is 0 Å². The third kappa shape index (κ3) is 2.94. The van der Waals surface area contributed by atoms with Crippen molar-refractivity contribution in [1.82, 2.24) is 10.1 Å².